The van der Waals surface area contributed by atoms with Gasteiger partial charge in [-0.3, -0.25) is 9.79 Å². The van der Waals surface area contributed by atoms with Crippen LogP contribution in [0, 0.1) is 12.8 Å². The average Bonchev–Trinajstić information content (AvgIpc) is 2.55. The highest BCUT2D eigenvalue weighted by Gasteiger charge is 2.18. The van der Waals surface area contributed by atoms with Gasteiger partial charge in [-0.05, 0) is 37.3 Å². The highest BCUT2D eigenvalue weighted by molar-refractivity contribution is 5.90. The van der Waals surface area contributed by atoms with Crippen molar-refractivity contribution in [3.05, 3.63) is 23.9 Å². The Morgan fingerprint density at radius 2 is 2.13 bits per heavy atom. The Kier molecular flexibility index (Phi) is 6.38. The van der Waals surface area contributed by atoms with E-state index in [1.165, 1.54) is 12.8 Å². The van der Waals surface area contributed by atoms with Crippen LogP contribution >= 0.6 is 0 Å². The zero-order valence-electron chi connectivity index (χ0n) is 14.3. The quantitative estimate of drug-likeness (QED) is 0.658. The summed E-state index contributed by atoms with van der Waals surface area (Å²) >= 11 is 0. The van der Waals surface area contributed by atoms with Crippen molar-refractivity contribution >= 4 is 17.7 Å². The predicted octanol–water partition coefficient (Wildman–Crippen LogP) is 2.03. The summed E-state index contributed by atoms with van der Waals surface area (Å²) < 4.78 is 0. The number of aryl methyl sites for hydroxylation is 1. The van der Waals surface area contributed by atoms with Crippen molar-refractivity contribution in [2.45, 2.75) is 33.1 Å². The second kappa shape index (κ2) is 8.50. The molecule has 126 valence electrons. The molecule has 23 heavy (non-hydrogen) atoms. The minimum absolute atomic E-state index is 0.0448. The molecule has 1 fully saturated rings. The van der Waals surface area contributed by atoms with E-state index in [9.17, 15) is 4.79 Å². The van der Waals surface area contributed by atoms with Crippen molar-refractivity contribution in [3.8, 4) is 0 Å². The second-order valence-corrected chi connectivity index (χ2v) is 6.16. The number of nitrogens with one attached hydrogen (secondary N) is 2. The fourth-order valence-corrected chi connectivity index (χ4v) is 2.59. The molecule has 1 amide bonds. The smallest absolute Gasteiger partial charge is 0.227 e. The van der Waals surface area contributed by atoms with Crippen LogP contribution in [0.15, 0.2) is 23.3 Å². The Balaban J connectivity index is 1.72. The molecule has 0 radical (unpaired) electrons. The standard InChI is InChI=1S/C17H27N5O/c1-13-7-10-22(11-8-13)17(18-3)19-9-6-16(23)21-15-5-4-14(2)12-20-15/h4-5,12-13H,6-11H2,1-3H3,(H,18,19)(H,20,21,23). The Labute approximate surface area is 138 Å². The summed E-state index contributed by atoms with van der Waals surface area (Å²) in [5, 5.41) is 6.08. The number of nitrogens with zero attached hydrogens (tertiary/aromatic N) is 3. The lowest BCUT2D eigenvalue weighted by molar-refractivity contribution is -0.116. The molecule has 0 aliphatic carbocycles. The Morgan fingerprint density at radius 3 is 2.74 bits per heavy atom. The van der Waals surface area contributed by atoms with Crippen molar-refractivity contribution in [2.75, 3.05) is 32.0 Å². The molecule has 0 unspecified atom stereocenters. The molecule has 2 heterocycles. The lowest BCUT2D eigenvalue weighted by atomic mass is 10.00. The van der Waals surface area contributed by atoms with Crippen molar-refractivity contribution < 1.29 is 4.79 Å². The first-order valence-corrected chi connectivity index (χ1v) is 8.26. The van der Waals surface area contributed by atoms with Gasteiger partial charge in [0, 0.05) is 39.3 Å². The number of anilines is 1. The minimum atomic E-state index is -0.0448. The van der Waals surface area contributed by atoms with Gasteiger partial charge in [0.15, 0.2) is 5.96 Å². The molecule has 2 N–H and O–H groups in total. The van der Waals surface area contributed by atoms with Crippen LogP contribution < -0.4 is 10.6 Å². The monoisotopic (exact) mass is 317 g/mol. The molecule has 2 rings (SSSR count). The van der Waals surface area contributed by atoms with E-state index in [4.69, 9.17) is 0 Å². The summed E-state index contributed by atoms with van der Waals surface area (Å²) in [5.74, 6) is 2.22. The highest BCUT2D eigenvalue weighted by Crippen LogP contribution is 2.15. The van der Waals surface area contributed by atoms with Crippen LogP contribution in [0.3, 0.4) is 0 Å². The van der Waals surface area contributed by atoms with Gasteiger partial charge in [-0.2, -0.15) is 0 Å². The van der Waals surface area contributed by atoms with Crippen LogP contribution in [0.25, 0.3) is 0 Å². The summed E-state index contributed by atoms with van der Waals surface area (Å²) in [5.41, 5.74) is 1.07. The van der Waals surface area contributed by atoms with E-state index in [2.05, 4.69) is 32.4 Å². The molecule has 0 spiro atoms. The number of carbonyl (C=O) groups excluding carboxylic acids is 1. The number of hydrogen-bond acceptors (Lipinski definition) is 3. The van der Waals surface area contributed by atoms with E-state index in [1.807, 2.05) is 19.1 Å². The predicted molar refractivity (Wildman–Crippen MR) is 93.6 cm³/mol. The number of guanidine groups is 1. The van der Waals surface area contributed by atoms with Crippen LogP contribution in [0.1, 0.15) is 31.7 Å². The topological polar surface area (TPSA) is 69.6 Å². The van der Waals surface area contributed by atoms with E-state index >= 15 is 0 Å². The third-order valence-corrected chi connectivity index (χ3v) is 4.11. The van der Waals surface area contributed by atoms with Gasteiger partial charge in [0.25, 0.3) is 0 Å². The molecule has 0 aromatic carbocycles. The number of rotatable bonds is 4. The number of carbonyl (C=O) groups is 1. The Morgan fingerprint density at radius 1 is 1.39 bits per heavy atom. The third kappa shape index (κ3) is 5.54. The fourth-order valence-electron chi connectivity index (χ4n) is 2.59. The van der Waals surface area contributed by atoms with Gasteiger partial charge in [0.2, 0.25) is 5.91 Å². The minimum Gasteiger partial charge on any atom is -0.356 e. The number of piperidine rings is 1. The van der Waals surface area contributed by atoms with Crippen molar-refractivity contribution in [2.24, 2.45) is 10.9 Å². The van der Waals surface area contributed by atoms with Gasteiger partial charge in [0.05, 0.1) is 0 Å². The van der Waals surface area contributed by atoms with Gasteiger partial charge in [-0.25, -0.2) is 4.98 Å². The lowest BCUT2D eigenvalue weighted by Crippen LogP contribution is -2.46. The maximum atomic E-state index is 11.9. The summed E-state index contributed by atoms with van der Waals surface area (Å²) in [6, 6.07) is 3.74. The van der Waals surface area contributed by atoms with E-state index in [-0.39, 0.29) is 5.91 Å². The molecule has 0 bridgehead atoms. The van der Waals surface area contributed by atoms with Crippen molar-refractivity contribution in [3.63, 3.8) is 0 Å². The molecule has 0 saturated carbocycles. The van der Waals surface area contributed by atoms with Gasteiger partial charge in [-0.1, -0.05) is 13.0 Å². The molecule has 1 saturated heterocycles. The molecule has 1 aliphatic rings. The number of likely N-dealkylation sites (tertiary alicyclic amines) is 1. The molecule has 1 aromatic heterocycles. The normalized spacial score (nSPS) is 16.3. The Bertz CT molecular complexity index is 532. The number of aliphatic imine (C=N–C) groups is 1. The molecule has 0 atom stereocenters. The molecule has 1 aliphatic heterocycles. The van der Waals surface area contributed by atoms with Crippen LogP contribution in [0.5, 0.6) is 0 Å². The third-order valence-electron chi connectivity index (χ3n) is 4.11. The van der Waals surface area contributed by atoms with Gasteiger partial charge < -0.3 is 15.5 Å². The molecule has 6 heteroatoms. The second-order valence-electron chi connectivity index (χ2n) is 6.16. The number of hydrogen-bond donors (Lipinski definition) is 2. The van der Waals surface area contributed by atoms with E-state index in [0.29, 0.717) is 18.8 Å². The molecular formula is C17H27N5O. The maximum absolute atomic E-state index is 11.9. The van der Waals surface area contributed by atoms with Gasteiger partial charge >= 0.3 is 0 Å². The maximum Gasteiger partial charge on any atom is 0.227 e. The van der Waals surface area contributed by atoms with Gasteiger partial charge in [0.1, 0.15) is 5.82 Å². The zero-order valence-corrected chi connectivity index (χ0v) is 14.3. The number of amides is 1. The lowest BCUT2D eigenvalue weighted by Gasteiger charge is -2.32. The van der Waals surface area contributed by atoms with E-state index in [0.717, 1.165) is 30.5 Å². The van der Waals surface area contributed by atoms with Crippen LogP contribution in [0.4, 0.5) is 5.82 Å². The zero-order chi connectivity index (χ0) is 16.7. The SMILES string of the molecule is CN=C(NCCC(=O)Nc1ccc(C)cn1)N1CCC(C)CC1. The summed E-state index contributed by atoms with van der Waals surface area (Å²) in [6.45, 7) is 6.88. The number of aromatic nitrogens is 1. The molecule has 1 aromatic rings. The first-order chi connectivity index (χ1) is 11.1. The average molecular weight is 317 g/mol. The molecular weight excluding hydrogens is 290 g/mol. The highest BCUT2D eigenvalue weighted by atomic mass is 16.1. The summed E-state index contributed by atoms with van der Waals surface area (Å²) in [7, 11) is 1.79. The van der Waals surface area contributed by atoms with Crippen LogP contribution in [0.2, 0.25) is 0 Å². The van der Waals surface area contributed by atoms with Crippen molar-refractivity contribution in [1.82, 2.24) is 15.2 Å². The van der Waals surface area contributed by atoms with E-state index < -0.39 is 0 Å². The van der Waals surface area contributed by atoms with E-state index in [1.54, 1.807) is 13.2 Å². The first kappa shape index (κ1) is 17.2. The first-order valence-electron chi connectivity index (χ1n) is 8.26. The largest absolute Gasteiger partial charge is 0.356 e. The summed E-state index contributed by atoms with van der Waals surface area (Å²) in [6.07, 6.45) is 4.52. The van der Waals surface area contributed by atoms with Crippen LogP contribution in [-0.2, 0) is 4.79 Å². The van der Waals surface area contributed by atoms with Crippen molar-refractivity contribution in [1.29, 1.82) is 0 Å². The number of pyridine rings is 1. The van der Waals surface area contributed by atoms with Crippen LogP contribution in [-0.4, -0.2) is 48.4 Å². The fraction of sp³-hybridized carbons (Fsp3) is 0.588. The Hall–Kier alpha value is -2.11. The van der Waals surface area contributed by atoms with Gasteiger partial charge in [-0.15, -0.1) is 0 Å². The summed E-state index contributed by atoms with van der Waals surface area (Å²) in [4.78, 5) is 22.7. The molecule has 6 nitrogen and oxygen atoms in total.